The molecule has 134 valence electrons. The summed E-state index contributed by atoms with van der Waals surface area (Å²) in [4.78, 5) is 0. The van der Waals surface area contributed by atoms with Crippen molar-refractivity contribution in [2.75, 3.05) is 27.4 Å². The molecule has 1 aliphatic heterocycles. The Bertz CT molecular complexity index is 770. The monoisotopic (exact) mass is 341 g/mol. The standard InChI is InChI=1S/C21H27NO3/c1-6-25-20-12-17-15(11-19(20)24-5)9-10-22-21(17)16-7-8-18(23-4)14(3)13(16)2/h7-8,11-12,21-22H,6,9-10H2,1-5H3. The SMILES string of the molecule is CCOc1cc2c(cc1OC)CCNC2c1ccc(OC)c(C)c1C. The van der Waals surface area contributed by atoms with Crippen LogP contribution in [-0.4, -0.2) is 27.4 Å². The summed E-state index contributed by atoms with van der Waals surface area (Å²) >= 11 is 0. The van der Waals surface area contributed by atoms with E-state index in [0.717, 1.165) is 30.2 Å². The molecule has 1 aliphatic rings. The second-order valence-corrected chi connectivity index (χ2v) is 6.38. The van der Waals surface area contributed by atoms with Crippen LogP contribution in [0.4, 0.5) is 0 Å². The molecule has 1 N–H and O–H groups in total. The van der Waals surface area contributed by atoms with Crippen molar-refractivity contribution < 1.29 is 14.2 Å². The zero-order chi connectivity index (χ0) is 18.0. The Morgan fingerprint density at radius 1 is 0.960 bits per heavy atom. The van der Waals surface area contributed by atoms with Crippen LogP contribution in [0.25, 0.3) is 0 Å². The van der Waals surface area contributed by atoms with Crippen molar-refractivity contribution in [2.24, 2.45) is 0 Å². The van der Waals surface area contributed by atoms with Gasteiger partial charge in [-0.25, -0.2) is 0 Å². The van der Waals surface area contributed by atoms with Crippen molar-refractivity contribution in [3.63, 3.8) is 0 Å². The lowest BCUT2D eigenvalue weighted by Crippen LogP contribution is -2.31. The van der Waals surface area contributed by atoms with Gasteiger partial charge in [0.15, 0.2) is 11.5 Å². The maximum Gasteiger partial charge on any atom is 0.161 e. The third kappa shape index (κ3) is 3.19. The predicted molar refractivity (Wildman–Crippen MR) is 100 cm³/mol. The van der Waals surface area contributed by atoms with Crippen LogP contribution in [0, 0.1) is 13.8 Å². The molecule has 0 bridgehead atoms. The molecule has 4 heteroatoms. The zero-order valence-corrected chi connectivity index (χ0v) is 15.7. The Morgan fingerprint density at radius 2 is 1.72 bits per heavy atom. The molecule has 0 aliphatic carbocycles. The summed E-state index contributed by atoms with van der Waals surface area (Å²) in [6.07, 6.45) is 0.989. The van der Waals surface area contributed by atoms with Crippen LogP contribution in [0.5, 0.6) is 17.2 Å². The van der Waals surface area contributed by atoms with Gasteiger partial charge in [-0.1, -0.05) is 6.07 Å². The van der Waals surface area contributed by atoms with Gasteiger partial charge in [-0.2, -0.15) is 0 Å². The highest BCUT2D eigenvalue weighted by Gasteiger charge is 2.26. The summed E-state index contributed by atoms with van der Waals surface area (Å²) in [6, 6.07) is 8.63. The van der Waals surface area contributed by atoms with Gasteiger partial charge in [0.05, 0.1) is 26.9 Å². The molecular weight excluding hydrogens is 314 g/mol. The van der Waals surface area contributed by atoms with Crippen molar-refractivity contribution >= 4 is 0 Å². The highest BCUT2D eigenvalue weighted by atomic mass is 16.5. The molecule has 0 radical (unpaired) electrons. The Labute approximate surface area is 150 Å². The van der Waals surface area contributed by atoms with E-state index in [1.54, 1.807) is 14.2 Å². The van der Waals surface area contributed by atoms with E-state index in [9.17, 15) is 0 Å². The fourth-order valence-electron chi connectivity index (χ4n) is 3.62. The Balaban J connectivity index is 2.10. The molecule has 0 fully saturated rings. The fourth-order valence-corrected chi connectivity index (χ4v) is 3.62. The topological polar surface area (TPSA) is 39.7 Å². The maximum atomic E-state index is 5.80. The highest BCUT2D eigenvalue weighted by Crippen LogP contribution is 2.39. The van der Waals surface area contributed by atoms with E-state index in [4.69, 9.17) is 14.2 Å². The lowest BCUT2D eigenvalue weighted by atomic mass is 9.86. The van der Waals surface area contributed by atoms with E-state index in [-0.39, 0.29) is 6.04 Å². The van der Waals surface area contributed by atoms with Crippen LogP contribution in [0.2, 0.25) is 0 Å². The van der Waals surface area contributed by atoms with Gasteiger partial charge in [0.25, 0.3) is 0 Å². The molecule has 2 aromatic carbocycles. The molecule has 2 aromatic rings. The minimum Gasteiger partial charge on any atom is -0.496 e. The third-order valence-electron chi connectivity index (χ3n) is 5.09. The Hall–Kier alpha value is -2.20. The van der Waals surface area contributed by atoms with E-state index >= 15 is 0 Å². The predicted octanol–water partition coefficient (Wildman–Crippen LogP) is 3.95. The minimum absolute atomic E-state index is 0.151. The summed E-state index contributed by atoms with van der Waals surface area (Å²) in [5.74, 6) is 2.55. The van der Waals surface area contributed by atoms with Gasteiger partial charge in [0.2, 0.25) is 0 Å². The van der Waals surface area contributed by atoms with Gasteiger partial charge in [-0.3, -0.25) is 0 Å². The van der Waals surface area contributed by atoms with Crippen molar-refractivity contribution in [3.05, 3.63) is 52.1 Å². The summed E-state index contributed by atoms with van der Waals surface area (Å²) < 4.78 is 16.8. The van der Waals surface area contributed by atoms with E-state index in [1.165, 1.54) is 27.8 Å². The van der Waals surface area contributed by atoms with Crippen LogP contribution >= 0.6 is 0 Å². The van der Waals surface area contributed by atoms with Crippen LogP contribution in [0.3, 0.4) is 0 Å². The summed E-state index contributed by atoms with van der Waals surface area (Å²) in [7, 11) is 3.41. The lowest BCUT2D eigenvalue weighted by Gasteiger charge is -2.30. The van der Waals surface area contributed by atoms with E-state index in [2.05, 4.69) is 43.4 Å². The fraction of sp³-hybridized carbons (Fsp3) is 0.429. The third-order valence-corrected chi connectivity index (χ3v) is 5.09. The molecule has 1 unspecified atom stereocenters. The largest absolute Gasteiger partial charge is 0.496 e. The molecule has 0 spiro atoms. The smallest absolute Gasteiger partial charge is 0.161 e. The number of hydrogen-bond donors (Lipinski definition) is 1. The quantitative estimate of drug-likeness (QED) is 0.894. The maximum absolute atomic E-state index is 5.80. The number of ether oxygens (including phenoxy) is 3. The Morgan fingerprint density at radius 3 is 2.40 bits per heavy atom. The zero-order valence-electron chi connectivity index (χ0n) is 15.7. The van der Waals surface area contributed by atoms with Crippen molar-refractivity contribution in [1.29, 1.82) is 0 Å². The van der Waals surface area contributed by atoms with Crippen molar-refractivity contribution in [2.45, 2.75) is 33.2 Å². The number of fused-ring (bicyclic) bond motifs is 1. The molecule has 0 amide bonds. The van der Waals surface area contributed by atoms with Crippen LogP contribution < -0.4 is 19.5 Å². The lowest BCUT2D eigenvalue weighted by molar-refractivity contribution is 0.309. The van der Waals surface area contributed by atoms with E-state index < -0.39 is 0 Å². The molecule has 0 saturated heterocycles. The summed E-state index contributed by atoms with van der Waals surface area (Å²) in [5.41, 5.74) is 6.32. The number of methoxy groups -OCH3 is 2. The van der Waals surface area contributed by atoms with Crippen LogP contribution in [-0.2, 0) is 6.42 Å². The second-order valence-electron chi connectivity index (χ2n) is 6.38. The first-order valence-corrected chi connectivity index (χ1v) is 8.81. The van der Waals surface area contributed by atoms with E-state index in [0.29, 0.717) is 6.61 Å². The number of hydrogen-bond acceptors (Lipinski definition) is 4. The Kier molecular flexibility index (Phi) is 5.19. The molecule has 4 nitrogen and oxygen atoms in total. The van der Waals surface area contributed by atoms with Gasteiger partial charge >= 0.3 is 0 Å². The van der Waals surface area contributed by atoms with Crippen molar-refractivity contribution in [1.82, 2.24) is 5.32 Å². The summed E-state index contributed by atoms with van der Waals surface area (Å²) in [6.45, 7) is 7.83. The summed E-state index contributed by atoms with van der Waals surface area (Å²) in [5, 5.41) is 3.67. The van der Waals surface area contributed by atoms with Crippen molar-refractivity contribution in [3.8, 4) is 17.2 Å². The molecule has 0 aromatic heterocycles. The first-order valence-electron chi connectivity index (χ1n) is 8.81. The molecule has 25 heavy (non-hydrogen) atoms. The van der Waals surface area contributed by atoms with E-state index in [1.807, 2.05) is 6.92 Å². The first kappa shape index (κ1) is 17.6. The van der Waals surface area contributed by atoms with Crippen LogP contribution in [0.15, 0.2) is 24.3 Å². The molecule has 3 rings (SSSR count). The van der Waals surface area contributed by atoms with Gasteiger partial charge in [0.1, 0.15) is 5.75 Å². The van der Waals surface area contributed by atoms with Gasteiger partial charge < -0.3 is 19.5 Å². The average molecular weight is 341 g/mol. The van der Waals surface area contributed by atoms with Gasteiger partial charge in [0, 0.05) is 6.54 Å². The van der Waals surface area contributed by atoms with Gasteiger partial charge in [-0.15, -0.1) is 0 Å². The minimum atomic E-state index is 0.151. The van der Waals surface area contributed by atoms with Gasteiger partial charge in [-0.05, 0) is 73.2 Å². The number of benzene rings is 2. The number of rotatable bonds is 5. The molecular formula is C21H27NO3. The number of nitrogens with one attached hydrogen (secondary N) is 1. The first-order chi connectivity index (χ1) is 12.1. The average Bonchev–Trinajstić information content (AvgIpc) is 2.63. The highest BCUT2D eigenvalue weighted by molar-refractivity contribution is 5.54. The normalized spacial score (nSPS) is 16.3. The van der Waals surface area contributed by atoms with Crippen LogP contribution in [0.1, 0.15) is 40.8 Å². The molecule has 0 saturated carbocycles. The molecule has 1 atom stereocenters. The molecule has 1 heterocycles. The second kappa shape index (κ2) is 7.36.